The third kappa shape index (κ3) is 2.84. The number of hydrogen-bond acceptors (Lipinski definition) is 4. The van der Waals surface area contributed by atoms with E-state index in [-0.39, 0.29) is 0 Å². The second-order valence-electron chi connectivity index (χ2n) is 5.65. The molecule has 5 heteroatoms. The molecule has 2 aromatic rings. The summed E-state index contributed by atoms with van der Waals surface area (Å²) in [6.07, 6.45) is 0.902. The highest BCUT2D eigenvalue weighted by atomic mass is 35.5. The fraction of sp³-hybridized carbons (Fsp3) is 0.167. The van der Waals surface area contributed by atoms with Gasteiger partial charge in [0.15, 0.2) is 5.17 Å². The number of amidine groups is 1. The van der Waals surface area contributed by atoms with E-state index in [1.54, 1.807) is 23.9 Å². The van der Waals surface area contributed by atoms with E-state index in [1.807, 2.05) is 36.4 Å². The van der Waals surface area contributed by atoms with Gasteiger partial charge in [0, 0.05) is 10.4 Å². The van der Waals surface area contributed by atoms with Crippen LogP contribution in [0.3, 0.4) is 0 Å². The number of nitrogens with zero attached hydrogens (tertiary/aromatic N) is 2. The number of rotatable bonds is 3. The molecule has 23 heavy (non-hydrogen) atoms. The number of fused-ring (bicyclic) bond motifs is 1. The van der Waals surface area contributed by atoms with Crippen LogP contribution in [0.5, 0.6) is 5.75 Å². The summed E-state index contributed by atoms with van der Waals surface area (Å²) in [6.45, 7) is 0.800. The van der Waals surface area contributed by atoms with Crippen LogP contribution in [0.15, 0.2) is 58.9 Å². The molecule has 0 aromatic heterocycles. The Hall–Kier alpha value is -1.91. The number of thioether (sulfide) groups is 1. The summed E-state index contributed by atoms with van der Waals surface area (Å²) in [5.74, 6) is 0.301. The summed E-state index contributed by atoms with van der Waals surface area (Å²) >= 11 is 7.67. The largest absolute Gasteiger partial charge is 0.508 e. The molecule has 0 bridgehead atoms. The van der Waals surface area contributed by atoms with Crippen molar-refractivity contribution in [1.82, 2.24) is 4.90 Å². The number of phenolic OH excluding ortho intramolecular Hbond substituents is 1. The van der Waals surface area contributed by atoms with Crippen molar-refractivity contribution < 1.29 is 5.11 Å². The van der Waals surface area contributed by atoms with Gasteiger partial charge in [-0.05, 0) is 41.8 Å². The van der Waals surface area contributed by atoms with Gasteiger partial charge in [0.2, 0.25) is 0 Å². The van der Waals surface area contributed by atoms with Gasteiger partial charge in [-0.3, -0.25) is 4.99 Å². The zero-order valence-electron chi connectivity index (χ0n) is 12.3. The maximum absolute atomic E-state index is 9.42. The molecule has 0 unspecified atom stereocenters. The summed E-state index contributed by atoms with van der Waals surface area (Å²) in [7, 11) is 0. The van der Waals surface area contributed by atoms with Crippen molar-refractivity contribution in [1.29, 1.82) is 0 Å². The number of phenols is 1. The Morgan fingerprint density at radius 3 is 2.61 bits per heavy atom. The van der Waals surface area contributed by atoms with Crippen LogP contribution >= 0.6 is 23.4 Å². The standard InChI is InChI=1S/C18H15ClN2OS/c19-14-5-3-13(4-6-14)17-11-23-18-20-10-15(21(17)18)9-12-1-7-16(22)8-2-12/h1-8,11,15,22H,9-10H2/t15-/m0/s1. The Morgan fingerprint density at radius 1 is 1.13 bits per heavy atom. The number of benzene rings is 2. The SMILES string of the molecule is Oc1ccc(C[C@H]2CN=C3SC=C(c4ccc(Cl)cc4)N32)cc1. The molecule has 4 rings (SSSR count). The first-order valence-corrected chi connectivity index (χ1v) is 8.71. The summed E-state index contributed by atoms with van der Waals surface area (Å²) in [4.78, 5) is 6.98. The van der Waals surface area contributed by atoms with E-state index >= 15 is 0 Å². The van der Waals surface area contributed by atoms with E-state index in [0.29, 0.717) is 11.8 Å². The van der Waals surface area contributed by atoms with Gasteiger partial charge in [0.25, 0.3) is 0 Å². The molecule has 0 amide bonds. The second kappa shape index (κ2) is 5.95. The summed E-state index contributed by atoms with van der Waals surface area (Å²) in [5.41, 5.74) is 3.55. The fourth-order valence-electron chi connectivity index (χ4n) is 2.94. The van der Waals surface area contributed by atoms with Crippen LogP contribution in [-0.4, -0.2) is 27.8 Å². The predicted molar refractivity (Wildman–Crippen MR) is 96.8 cm³/mol. The van der Waals surface area contributed by atoms with Crippen LogP contribution in [0.25, 0.3) is 5.70 Å². The van der Waals surface area contributed by atoms with Gasteiger partial charge in [-0.15, -0.1) is 0 Å². The smallest absolute Gasteiger partial charge is 0.168 e. The number of aromatic hydroxyl groups is 1. The van der Waals surface area contributed by atoms with Crippen LogP contribution in [0.4, 0.5) is 0 Å². The van der Waals surface area contributed by atoms with Crippen molar-refractivity contribution in [3.63, 3.8) is 0 Å². The first kappa shape index (κ1) is 14.7. The molecular weight excluding hydrogens is 328 g/mol. The molecule has 1 atom stereocenters. The first-order chi connectivity index (χ1) is 11.2. The fourth-order valence-corrected chi connectivity index (χ4v) is 4.05. The van der Waals surface area contributed by atoms with Crippen LogP contribution in [-0.2, 0) is 6.42 Å². The molecule has 3 nitrogen and oxygen atoms in total. The van der Waals surface area contributed by atoms with Crippen LogP contribution in [0.1, 0.15) is 11.1 Å². The molecule has 0 saturated carbocycles. The Bertz CT molecular complexity index is 784. The Balaban J connectivity index is 1.58. The lowest BCUT2D eigenvalue weighted by atomic mass is 10.0. The summed E-state index contributed by atoms with van der Waals surface area (Å²) < 4.78 is 0. The van der Waals surface area contributed by atoms with Crippen LogP contribution in [0.2, 0.25) is 5.02 Å². The highest BCUT2D eigenvalue weighted by Crippen LogP contribution is 2.39. The predicted octanol–water partition coefficient (Wildman–Crippen LogP) is 4.37. The highest BCUT2D eigenvalue weighted by molar-refractivity contribution is 8.16. The molecule has 0 radical (unpaired) electrons. The van der Waals surface area contributed by atoms with Crippen molar-refractivity contribution in [2.45, 2.75) is 12.5 Å². The lowest BCUT2D eigenvalue weighted by Crippen LogP contribution is -2.33. The summed E-state index contributed by atoms with van der Waals surface area (Å²) in [5, 5.41) is 13.4. The Kier molecular flexibility index (Phi) is 3.79. The lowest BCUT2D eigenvalue weighted by Gasteiger charge is -2.26. The van der Waals surface area contributed by atoms with Gasteiger partial charge in [-0.2, -0.15) is 0 Å². The molecule has 0 aliphatic carbocycles. The maximum atomic E-state index is 9.42. The Morgan fingerprint density at radius 2 is 1.87 bits per heavy atom. The molecule has 116 valence electrons. The van der Waals surface area contributed by atoms with Gasteiger partial charge < -0.3 is 10.0 Å². The molecule has 2 aliphatic heterocycles. The Labute approximate surface area is 144 Å². The molecule has 1 N–H and O–H groups in total. The van der Waals surface area contributed by atoms with Gasteiger partial charge in [0.1, 0.15) is 5.75 Å². The molecule has 2 heterocycles. The van der Waals surface area contributed by atoms with Crippen molar-refractivity contribution in [3.05, 3.63) is 70.1 Å². The van der Waals surface area contributed by atoms with Crippen molar-refractivity contribution in [2.75, 3.05) is 6.54 Å². The molecular formula is C18H15ClN2OS. The van der Waals surface area contributed by atoms with E-state index in [4.69, 9.17) is 11.6 Å². The third-order valence-corrected chi connectivity index (χ3v) is 5.22. The molecule has 0 saturated heterocycles. The topological polar surface area (TPSA) is 35.8 Å². The normalized spacial score (nSPS) is 19.5. The van der Waals surface area contributed by atoms with Crippen molar-refractivity contribution in [2.24, 2.45) is 4.99 Å². The van der Waals surface area contributed by atoms with Crippen molar-refractivity contribution in [3.8, 4) is 5.75 Å². The highest BCUT2D eigenvalue weighted by Gasteiger charge is 2.34. The average molecular weight is 343 g/mol. The van der Waals surface area contributed by atoms with E-state index in [9.17, 15) is 5.11 Å². The average Bonchev–Trinajstić information content (AvgIpc) is 3.14. The summed E-state index contributed by atoms with van der Waals surface area (Å²) in [6, 6.07) is 15.7. The molecule has 2 aliphatic rings. The number of halogens is 1. The molecule has 0 fully saturated rings. The quantitative estimate of drug-likeness (QED) is 0.899. The minimum atomic E-state index is 0.301. The van der Waals surface area contributed by atoms with Gasteiger partial charge in [-0.25, -0.2) is 0 Å². The van der Waals surface area contributed by atoms with E-state index < -0.39 is 0 Å². The van der Waals surface area contributed by atoms with E-state index in [0.717, 1.165) is 28.7 Å². The zero-order valence-corrected chi connectivity index (χ0v) is 13.9. The zero-order chi connectivity index (χ0) is 15.8. The minimum absolute atomic E-state index is 0.301. The molecule has 0 spiro atoms. The van der Waals surface area contributed by atoms with Crippen LogP contribution in [0, 0.1) is 0 Å². The maximum Gasteiger partial charge on any atom is 0.168 e. The number of aliphatic imine (C=N–C) groups is 1. The third-order valence-electron chi connectivity index (χ3n) is 4.09. The van der Waals surface area contributed by atoms with Crippen molar-refractivity contribution >= 4 is 34.2 Å². The van der Waals surface area contributed by atoms with E-state index in [1.165, 1.54) is 11.3 Å². The van der Waals surface area contributed by atoms with Gasteiger partial charge >= 0.3 is 0 Å². The minimum Gasteiger partial charge on any atom is -0.508 e. The van der Waals surface area contributed by atoms with Crippen LogP contribution < -0.4 is 0 Å². The second-order valence-corrected chi connectivity index (χ2v) is 6.92. The lowest BCUT2D eigenvalue weighted by molar-refractivity contribution is 0.460. The molecule has 2 aromatic carbocycles. The first-order valence-electron chi connectivity index (χ1n) is 7.45. The van der Waals surface area contributed by atoms with Gasteiger partial charge in [-0.1, -0.05) is 47.6 Å². The van der Waals surface area contributed by atoms with Gasteiger partial charge in [0.05, 0.1) is 18.3 Å². The number of hydrogen-bond donors (Lipinski definition) is 1. The van der Waals surface area contributed by atoms with E-state index in [2.05, 4.69) is 15.3 Å². The monoisotopic (exact) mass is 342 g/mol.